The second-order valence-electron chi connectivity index (χ2n) is 6.36. The topological polar surface area (TPSA) is 60.8 Å². The summed E-state index contributed by atoms with van der Waals surface area (Å²) >= 11 is 0. The maximum atomic E-state index is 12.9. The lowest BCUT2D eigenvalue weighted by atomic mass is 9.92. The van der Waals surface area contributed by atoms with Crippen LogP contribution in [-0.4, -0.2) is 28.0 Å². The number of rotatable bonds is 2. The van der Waals surface area contributed by atoms with Gasteiger partial charge in [-0.15, -0.1) is 0 Å². The van der Waals surface area contributed by atoms with Gasteiger partial charge in [-0.2, -0.15) is 13.2 Å². The van der Waals surface area contributed by atoms with Crippen LogP contribution in [0.2, 0.25) is 0 Å². The van der Waals surface area contributed by atoms with Crippen molar-refractivity contribution in [3.05, 3.63) is 29.3 Å². The molecule has 0 heterocycles. The van der Waals surface area contributed by atoms with E-state index in [-0.39, 0.29) is 11.3 Å². The second kappa shape index (κ2) is 5.46. The van der Waals surface area contributed by atoms with Gasteiger partial charge in [-0.05, 0) is 51.8 Å². The summed E-state index contributed by atoms with van der Waals surface area (Å²) < 4.78 is 38.6. The fraction of sp³-hybridized carbons (Fsp3) is 0.533. The molecule has 0 saturated heterocycles. The van der Waals surface area contributed by atoms with Gasteiger partial charge in [-0.1, -0.05) is 12.1 Å². The normalized spacial score (nSPS) is 15.3. The predicted octanol–water partition coefficient (Wildman–Crippen LogP) is 4.05. The Hall–Kier alpha value is -1.76. The van der Waals surface area contributed by atoms with Crippen LogP contribution in [0.1, 0.15) is 38.8 Å². The van der Waals surface area contributed by atoms with Gasteiger partial charge in [-0.25, -0.2) is 4.79 Å². The van der Waals surface area contributed by atoms with Gasteiger partial charge in [-0.3, -0.25) is 4.90 Å². The fourth-order valence-corrected chi connectivity index (χ4v) is 2.12. The minimum absolute atomic E-state index is 0.279. The van der Waals surface area contributed by atoms with Crippen molar-refractivity contribution in [3.8, 4) is 0 Å². The highest BCUT2D eigenvalue weighted by Crippen LogP contribution is 2.40. The lowest BCUT2D eigenvalue weighted by Crippen LogP contribution is -2.45. The number of nitrogens with zero attached hydrogens (tertiary/aromatic N) is 1. The van der Waals surface area contributed by atoms with E-state index in [2.05, 4.69) is 0 Å². The summed E-state index contributed by atoms with van der Waals surface area (Å²) in [6.07, 6.45) is -6.02. The van der Waals surface area contributed by atoms with Gasteiger partial charge < -0.3 is 10.2 Å². The van der Waals surface area contributed by atoms with E-state index < -0.39 is 23.4 Å². The minimum atomic E-state index is -4.82. The average Bonchev–Trinajstić information content (AvgIpc) is 2.27. The van der Waals surface area contributed by atoms with E-state index in [0.29, 0.717) is 12.5 Å². The third-order valence-corrected chi connectivity index (χ3v) is 3.41. The number of benzene rings is 1. The Morgan fingerprint density at radius 3 is 1.95 bits per heavy atom. The zero-order chi connectivity index (χ0) is 17.5. The molecule has 2 N–H and O–H groups in total. The molecule has 0 bridgehead atoms. The van der Waals surface area contributed by atoms with E-state index in [1.165, 1.54) is 13.0 Å². The van der Waals surface area contributed by atoms with Crippen LogP contribution in [0.4, 0.5) is 23.7 Å². The number of hydrogen-bond acceptors (Lipinski definition) is 2. The Balaban J connectivity index is 3.39. The van der Waals surface area contributed by atoms with Crippen molar-refractivity contribution in [3.63, 3.8) is 0 Å². The lowest BCUT2D eigenvalue weighted by Gasteiger charge is -2.35. The van der Waals surface area contributed by atoms with E-state index in [0.717, 1.165) is 17.0 Å². The molecule has 1 rings (SSSR count). The molecule has 0 aliphatic rings. The third kappa shape index (κ3) is 3.35. The molecule has 1 atom stereocenters. The first kappa shape index (κ1) is 18.3. The van der Waals surface area contributed by atoms with Crippen LogP contribution in [0, 0.1) is 6.92 Å². The van der Waals surface area contributed by atoms with Crippen LogP contribution in [0.3, 0.4) is 0 Å². The fourth-order valence-electron chi connectivity index (χ4n) is 2.12. The first-order valence-electron chi connectivity index (χ1n) is 6.63. The number of amides is 1. The van der Waals surface area contributed by atoms with Crippen molar-refractivity contribution in [1.82, 2.24) is 0 Å². The van der Waals surface area contributed by atoms with Crippen molar-refractivity contribution in [2.24, 2.45) is 0 Å². The van der Waals surface area contributed by atoms with Crippen LogP contribution in [0.25, 0.3) is 0 Å². The number of carbonyl (C=O) groups is 1. The summed E-state index contributed by atoms with van der Waals surface area (Å²) in [5.41, 5.74) is -3.47. The Kier molecular flexibility index (Phi) is 4.54. The molecule has 1 aromatic rings. The molecule has 124 valence electrons. The smallest absolute Gasteiger partial charge is 0.421 e. The summed E-state index contributed by atoms with van der Waals surface area (Å²) in [5.74, 6) is 0. The van der Waals surface area contributed by atoms with Gasteiger partial charge in [0.05, 0.1) is 5.69 Å². The number of hydrogen-bond donors (Lipinski definition) is 2. The van der Waals surface area contributed by atoms with E-state index in [1.807, 2.05) is 0 Å². The molecule has 7 heteroatoms. The monoisotopic (exact) mass is 319 g/mol. The zero-order valence-electron chi connectivity index (χ0n) is 13.1. The molecule has 1 unspecified atom stereocenters. The quantitative estimate of drug-likeness (QED) is 0.864. The minimum Gasteiger partial charge on any atom is -0.465 e. The highest BCUT2D eigenvalue weighted by atomic mass is 19.4. The van der Waals surface area contributed by atoms with Crippen molar-refractivity contribution in [1.29, 1.82) is 0 Å². The van der Waals surface area contributed by atoms with Gasteiger partial charge in [0.25, 0.3) is 0 Å². The highest BCUT2D eigenvalue weighted by Gasteiger charge is 2.51. The molecule has 0 aliphatic carbocycles. The number of aliphatic hydroxyl groups is 1. The lowest BCUT2D eigenvalue weighted by molar-refractivity contribution is -0.258. The predicted molar refractivity (Wildman–Crippen MR) is 77.1 cm³/mol. The summed E-state index contributed by atoms with van der Waals surface area (Å²) in [6, 6.07) is 3.53. The second-order valence-corrected chi connectivity index (χ2v) is 6.36. The summed E-state index contributed by atoms with van der Waals surface area (Å²) in [7, 11) is 0. The molecule has 1 amide bonds. The highest BCUT2D eigenvalue weighted by molar-refractivity contribution is 5.88. The molecule has 0 aromatic heterocycles. The molecule has 22 heavy (non-hydrogen) atoms. The first-order valence-corrected chi connectivity index (χ1v) is 6.63. The summed E-state index contributed by atoms with van der Waals surface area (Å²) in [6.45, 7) is 7.22. The van der Waals surface area contributed by atoms with Crippen molar-refractivity contribution in [2.45, 2.75) is 51.9 Å². The maximum absolute atomic E-state index is 12.9. The third-order valence-electron chi connectivity index (χ3n) is 3.41. The summed E-state index contributed by atoms with van der Waals surface area (Å²) in [4.78, 5) is 12.5. The zero-order valence-corrected chi connectivity index (χ0v) is 13.1. The molecule has 0 spiro atoms. The maximum Gasteiger partial charge on any atom is 0.421 e. The van der Waals surface area contributed by atoms with E-state index in [9.17, 15) is 28.2 Å². The Morgan fingerprint density at radius 1 is 1.14 bits per heavy atom. The summed E-state index contributed by atoms with van der Waals surface area (Å²) in [5, 5.41) is 19.0. The number of anilines is 1. The largest absolute Gasteiger partial charge is 0.465 e. The van der Waals surface area contributed by atoms with Crippen LogP contribution < -0.4 is 4.90 Å². The van der Waals surface area contributed by atoms with Crippen molar-refractivity contribution >= 4 is 11.8 Å². The van der Waals surface area contributed by atoms with Crippen LogP contribution in [-0.2, 0) is 5.60 Å². The first-order chi connectivity index (χ1) is 9.69. The Labute approximate surface area is 127 Å². The number of carboxylic acid groups (broad SMARTS) is 1. The van der Waals surface area contributed by atoms with Crippen molar-refractivity contribution in [2.75, 3.05) is 4.90 Å². The van der Waals surface area contributed by atoms with Crippen LogP contribution in [0.15, 0.2) is 18.2 Å². The number of halogens is 3. The van der Waals surface area contributed by atoms with Gasteiger partial charge in [0, 0.05) is 5.54 Å². The molecular formula is C15H20F3NO3. The van der Waals surface area contributed by atoms with Gasteiger partial charge in [0.15, 0.2) is 5.60 Å². The van der Waals surface area contributed by atoms with Crippen LogP contribution >= 0.6 is 0 Å². The Bertz CT molecular complexity index is 574. The van der Waals surface area contributed by atoms with E-state index >= 15 is 0 Å². The number of alkyl halides is 3. The van der Waals surface area contributed by atoms with Gasteiger partial charge in [0.2, 0.25) is 0 Å². The number of aryl methyl sites for hydroxylation is 1. The molecule has 0 fully saturated rings. The van der Waals surface area contributed by atoms with Crippen molar-refractivity contribution < 1.29 is 28.2 Å². The molecular weight excluding hydrogens is 299 g/mol. The molecule has 0 radical (unpaired) electrons. The molecule has 0 aliphatic heterocycles. The SMILES string of the molecule is Cc1cc(C(C)(O)C(F)(F)F)ccc1N(C(=O)O)C(C)(C)C. The molecule has 1 aromatic carbocycles. The van der Waals surface area contributed by atoms with Gasteiger partial charge >= 0.3 is 12.3 Å². The standard InChI is InChI=1S/C15H20F3NO3/c1-9-8-10(14(5,22)15(16,17)18)6-7-11(9)19(12(20)21)13(2,3)4/h6-8,22H,1-5H3,(H,20,21). The molecule has 0 saturated carbocycles. The van der Waals surface area contributed by atoms with E-state index in [4.69, 9.17) is 0 Å². The van der Waals surface area contributed by atoms with Gasteiger partial charge in [0.1, 0.15) is 0 Å². The Morgan fingerprint density at radius 2 is 1.64 bits per heavy atom. The molecule has 4 nitrogen and oxygen atoms in total. The van der Waals surface area contributed by atoms with Crippen LogP contribution in [0.5, 0.6) is 0 Å². The van der Waals surface area contributed by atoms with E-state index in [1.54, 1.807) is 20.8 Å². The average molecular weight is 319 g/mol.